The number of hydrogen-bond acceptors (Lipinski definition) is 4. The maximum Gasteiger partial charge on any atom is 0.360 e. The summed E-state index contributed by atoms with van der Waals surface area (Å²) in [4.78, 5) is 11.4. The van der Waals surface area contributed by atoms with E-state index in [0.717, 1.165) is 18.5 Å². The van der Waals surface area contributed by atoms with Gasteiger partial charge in [0.25, 0.3) is 0 Å². The normalized spacial score (nSPS) is 10.7. The summed E-state index contributed by atoms with van der Waals surface area (Å²) in [6, 6.07) is 0.206. The Morgan fingerprint density at radius 1 is 1.53 bits per heavy atom. The molecule has 1 aromatic rings. The van der Waals surface area contributed by atoms with E-state index in [9.17, 15) is 4.79 Å². The molecule has 1 aromatic heterocycles. The van der Waals surface area contributed by atoms with Crippen LogP contribution in [-0.4, -0.2) is 28.1 Å². The predicted octanol–water partition coefficient (Wildman–Crippen LogP) is 1.60. The highest BCUT2D eigenvalue weighted by molar-refractivity contribution is 5.88. The Kier molecular flexibility index (Phi) is 3.82. The van der Waals surface area contributed by atoms with Crippen LogP contribution in [0.2, 0.25) is 0 Å². The van der Waals surface area contributed by atoms with Crippen molar-refractivity contribution in [3.8, 4) is 0 Å². The Morgan fingerprint density at radius 3 is 2.67 bits per heavy atom. The molecule has 5 heteroatoms. The third-order valence-electron chi connectivity index (χ3n) is 2.15. The van der Waals surface area contributed by atoms with Crippen molar-refractivity contribution < 1.29 is 9.53 Å². The molecule has 0 amide bonds. The monoisotopic (exact) mass is 211 g/mol. The van der Waals surface area contributed by atoms with E-state index in [2.05, 4.69) is 22.0 Å². The van der Waals surface area contributed by atoms with Gasteiger partial charge in [-0.05, 0) is 20.3 Å². The highest BCUT2D eigenvalue weighted by Gasteiger charge is 2.20. The number of nitrogens with zero attached hydrogens (tertiary/aromatic N) is 3. The minimum Gasteiger partial charge on any atom is -0.464 e. The zero-order valence-corrected chi connectivity index (χ0v) is 9.65. The van der Waals surface area contributed by atoms with E-state index >= 15 is 0 Å². The summed E-state index contributed by atoms with van der Waals surface area (Å²) >= 11 is 0. The van der Waals surface area contributed by atoms with Gasteiger partial charge >= 0.3 is 5.97 Å². The number of carbonyl (C=O) groups excluding carboxylic acids is 1. The van der Waals surface area contributed by atoms with Crippen LogP contribution in [0.4, 0.5) is 0 Å². The molecule has 15 heavy (non-hydrogen) atoms. The lowest BCUT2D eigenvalue weighted by Gasteiger charge is -2.09. The molecule has 1 heterocycles. The molecule has 0 fully saturated rings. The number of methoxy groups -OCH3 is 1. The molecule has 5 nitrogen and oxygen atoms in total. The fraction of sp³-hybridized carbons (Fsp3) is 0.700. The minimum atomic E-state index is -0.412. The van der Waals surface area contributed by atoms with Crippen LogP contribution < -0.4 is 0 Å². The maximum absolute atomic E-state index is 11.4. The first kappa shape index (κ1) is 11.7. The molecular formula is C10H17N3O2. The summed E-state index contributed by atoms with van der Waals surface area (Å²) in [7, 11) is 1.35. The molecule has 84 valence electrons. The van der Waals surface area contributed by atoms with E-state index in [1.165, 1.54) is 7.11 Å². The molecule has 0 aliphatic heterocycles. The maximum atomic E-state index is 11.4. The van der Waals surface area contributed by atoms with Crippen LogP contribution in [-0.2, 0) is 11.2 Å². The SMILES string of the molecule is CCCc1c(C(=O)OC)nnn1C(C)C. The average Bonchev–Trinajstić information content (AvgIpc) is 2.61. The number of ether oxygens (including phenoxy) is 1. The summed E-state index contributed by atoms with van der Waals surface area (Å²) in [6.07, 6.45) is 1.74. The summed E-state index contributed by atoms with van der Waals surface area (Å²) in [6.45, 7) is 6.07. The summed E-state index contributed by atoms with van der Waals surface area (Å²) in [5.41, 5.74) is 1.20. The molecule has 0 aliphatic rings. The molecule has 0 atom stereocenters. The van der Waals surface area contributed by atoms with Gasteiger partial charge in [-0.3, -0.25) is 0 Å². The Hall–Kier alpha value is -1.39. The van der Waals surface area contributed by atoms with Crippen LogP contribution in [0.15, 0.2) is 0 Å². The largest absolute Gasteiger partial charge is 0.464 e. The second-order valence-electron chi connectivity index (χ2n) is 3.66. The molecular weight excluding hydrogens is 194 g/mol. The average molecular weight is 211 g/mol. The van der Waals surface area contributed by atoms with Crippen molar-refractivity contribution in [3.63, 3.8) is 0 Å². The highest BCUT2D eigenvalue weighted by Crippen LogP contribution is 2.14. The summed E-state index contributed by atoms with van der Waals surface area (Å²) < 4.78 is 6.44. The second-order valence-corrected chi connectivity index (χ2v) is 3.66. The second kappa shape index (κ2) is 4.91. The van der Waals surface area contributed by atoms with Crippen LogP contribution in [0, 0.1) is 0 Å². The number of esters is 1. The zero-order chi connectivity index (χ0) is 11.4. The fourth-order valence-electron chi connectivity index (χ4n) is 1.45. The molecule has 0 saturated carbocycles. The van der Waals surface area contributed by atoms with Crippen LogP contribution in [0.25, 0.3) is 0 Å². The van der Waals surface area contributed by atoms with Crippen LogP contribution in [0.3, 0.4) is 0 Å². The molecule has 0 aromatic carbocycles. The molecule has 0 bridgehead atoms. The van der Waals surface area contributed by atoms with Crippen molar-refractivity contribution in [1.82, 2.24) is 15.0 Å². The Bertz CT molecular complexity index is 344. The molecule has 0 aliphatic carbocycles. The Balaban J connectivity index is 3.11. The van der Waals surface area contributed by atoms with Gasteiger partial charge in [-0.1, -0.05) is 18.6 Å². The highest BCUT2D eigenvalue weighted by atomic mass is 16.5. The molecule has 0 radical (unpaired) electrons. The third-order valence-corrected chi connectivity index (χ3v) is 2.15. The van der Waals surface area contributed by atoms with Gasteiger partial charge < -0.3 is 4.74 Å². The van der Waals surface area contributed by atoms with E-state index in [0.29, 0.717) is 5.69 Å². The van der Waals surface area contributed by atoms with Crippen LogP contribution in [0.5, 0.6) is 0 Å². The van der Waals surface area contributed by atoms with E-state index in [4.69, 9.17) is 0 Å². The van der Waals surface area contributed by atoms with Crippen molar-refractivity contribution in [2.75, 3.05) is 7.11 Å². The van der Waals surface area contributed by atoms with Gasteiger partial charge in [-0.2, -0.15) is 0 Å². The van der Waals surface area contributed by atoms with Gasteiger partial charge in [-0.25, -0.2) is 9.48 Å². The van der Waals surface area contributed by atoms with E-state index in [1.54, 1.807) is 4.68 Å². The lowest BCUT2D eigenvalue weighted by Crippen LogP contribution is -2.11. The number of rotatable bonds is 4. The first-order valence-electron chi connectivity index (χ1n) is 5.14. The summed E-state index contributed by atoms with van der Waals surface area (Å²) in [5, 5.41) is 7.83. The number of carbonyl (C=O) groups is 1. The topological polar surface area (TPSA) is 57.0 Å². The standard InChI is InChI=1S/C10H17N3O2/c1-5-6-8-9(10(14)15-4)11-12-13(8)7(2)3/h7H,5-6H2,1-4H3. The third kappa shape index (κ3) is 2.34. The van der Waals surface area contributed by atoms with Crippen molar-refractivity contribution in [3.05, 3.63) is 11.4 Å². The smallest absolute Gasteiger partial charge is 0.360 e. The molecule has 0 N–H and O–H groups in total. The Labute approximate surface area is 89.4 Å². The van der Waals surface area contributed by atoms with Gasteiger partial charge in [0, 0.05) is 6.04 Å². The minimum absolute atomic E-state index is 0.206. The predicted molar refractivity (Wildman–Crippen MR) is 55.7 cm³/mol. The Morgan fingerprint density at radius 2 is 2.20 bits per heavy atom. The van der Waals surface area contributed by atoms with Gasteiger partial charge in [0.2, 0.25) is 0 Å². The fourth-order valence-corrected chi connectivity index (χ4v) is 1.45. The van der Waals surface area contributed by atoms with Crippen molar-refractivity contribution in [1.29, 1.82) is 0 Å². The molecule has 1 rings (SSSR count). The van der Waals surface area contributed by atoms with E-state index in [-0.39, 0.29) is 6.04 Å². The summed E-state index contributed by atoms with van der Waals surface area (Å²) in [5.74, 6) is -0.412. The van der Waals surface area contributed by atoms with Crippen LogP contribution in [0.1, 0.15) is 49.4 Å². The molecule has 0 unspecified atom stereocenters. The first-order valence-corrected chi connectivity index (χ1v) is 5.14. The van der Waals surface area contributed by atoms with Gasteiger partial charge in [0.05, 0.1) is 12.8 Å². The molecule has 0 saturated heterocycles. The zero-order valence-electron chi connectivity index (χ0n) is 9.65. The van der Waals surface area contributed by atoms with Crippen LogP contribution >= 0.6 is 0 Å². The van der Waals surface area contributed by atoms with Gasteiger partial charge in [0.15, 0.2) is 5.69 Å². The lowest BCUT2D eigenvalue weighted by atomic mass is 10.2. The van der Waals surface area contributed by atoms with Crippen molar-refractivity contribution in [2.24, 2.45) is 0 Å². The number of aromatic nitrogens is 3. The van der Waals surface area contributed by atoms with Gasteiger partial charge in [-0.15, -0.1) is 5.10 Å². The van der Waals surface area contributed by atoms with Gasteiger partial charge in [0.1, 0.15) is 0 Å². The quantitative estimate of drug-likeness (QED) is 0.710. The van der Waals surface area contributed by atoms with E-state index in [1.807, 2.05) is 13.8 Å². The first-order chi connectivity index (χ1) is 7.11. The van der Waals surface area contributed by atoms with Crippen molar-refractivity contribution in [2.45, 2.75) is 39.7 Å². The number of hydrogen-bond donors (Lipinski definition) is 0. The lowest BCUT2D eigenvalue weighted by molar-refractivity contribution is 0.0592. The molecule has 0 spiro atoms. The van der Waals surface area contributed by atoms with Crippen molar-refractivity contribution >= 4 is 5.97 Å². The van der Waals surface area contributed by atoms with E-state index < -0.39 is 5.97 Å².